The van der Waals surface area contributed by atoms with E-state index >= 15 is 0 Å². The van der Waals surface area contributed by atoms with Crippen molar-refractivity contribution in [3.8, 4) is 0 Å². The molecule has 1 N–H and O–H groups in total. The fraction of sp³-hybridized carbons (Fsp3) is 0.667. The van der Waals surface area contributed by atoms with Crippen molar-refractivity contribution in [2.45, 2.75) is 52.5 Å². The largest absolute Gasteiger partial charge is 0.371 e. The maximum Gasteiger partial charge on any atom is 0.0404 e. The zero-order chi connectivity index (χ0) is 14.8. The quantitative estimate of drug-likeness (QED) is 0.838. The molecule has 1 saturated heterocycles. The van der Waals surface area contributed by atoms with Crippen LogP contribution < -0.4 is 10.2 Å². The zero-order valence-corrected chi connectivity index (χ0v) is 13.7. The summed E-state index contributed by atoms with van der Waals surface area (Å²) in [6, 6.07) is 9.55. The van der Waals surface area contributed by atoms with Crippen molar-refractivity contribution in [2.24, 2.45) is 5.92 Å². The highest BCUT2D eigenvalue weighted by Crippen LogP contribution is 2.32. The minimum atomic E-state index is 0.200. The van der Waals surface area contributed by atoms with Crippen molar-refractivity contribution in [3.63, 3.8) is 0 Å². The van der Waals surface area contributed by atoms with Gasteiger partial charge in [-0.1, -0.05) is 45.9 Å². The van der Waals surface area contributed by atoms with E-state index in [4.69, 9.17) is 0 Å². The van der Waals surface area contributed by atoms with Crippen LogP contribution in [0.3, 0.4) is 0 Å². The first kappa shape index (κ1) is 15.4. The highest BCUT2D eigenvalue weighted by atomic mass is 15.1. The third-order valence-corrected chi connectivity index (χ3v) is 4.23. The SMILES string of the molecule is CC1CNC(C)CCN(c2ccccc2C(C)(C)C)C1. The zero-order valence-electron chi connectivity index (χ0n) is 13.7. The predicted octanol–water partition coefficient (Wildman–Crippen LogP) is 3.81. The summed E-state index contributed by atoms with van der Waals surface area (Å²) in [6.07, 6.45) is 1.21. The number of nitrogens with one attached hydrogen (secondary N) is 1. The van der Waals surface area contributed by atoms with E-state index < -0.39 is 0 Å². The second-order valence-corrected chi connectivity index (χ2v) is 7.42. The molecule has 1 fully saturated rings. The van der Waals surface area contributed by atoms with E-state index in [0.717, 1.165) is 19.6 Å². The van der Waals surface area contributed by atoms with E-state index in [9.17, 15) is 0 Å². The molecule has 1 aliphatic rings. The Morgan fingerprint density at radius 1 is 1.15 bits per heavy atom. The molecule has 20 heavy (non-hydrogen) atoms. The molecule has 0 bridgehead atoms. The van der Waals surface area contributed by atoms with E-state index in [2.05, 4.69) is 69.1 Å². The van der Waals surface area contributed by atoms with Gasteiger partial charge in [0.2, 0.25) is 0 Å². The van der Waals surface area contributed by atoms with Crippen molar-refractivity contribution in [2.75, 3.05) is 24.5 Å². The Balaban J connectivity index is 2.29. The summed E-state index contributed by atoms with van der Waals surface area (Å²) in [5.41, 5.74) is 3.10. The van der Waals surface area contributed by atoms with E-state index in [-0.39, 0.29) is 5.41 Å². The van der Waals surface area contributed by atoms with Crippen LogP contribution in [0.4, 0.5) is 5.69 Å². The first-order valence-corrected chi connectivity index (χ1v) is 7.96. The summed E-state index contributed by atoms with van der Waals surface area (Å²) >= 11 is 0. The molecule has 0 aliphatic carbocycles. The Morgan fingerprint density at radius 2 is 1.85 bits per heavy atom. The maximum atomic E-state index is 3.62. The van der Waals surface area contributed by atoms with Gasteiger partial charge in [-0.05, 0) is 42.9 Å². The molecule has 2 unspecified atom stereocenters. The van der Waals surface area contributed by atoms with E-state index in [1.54, 1.807) is 0 Å². The molecule has 2 atom stereocenters. The summed E-state index contributed by atoms with van der Waals surface area (Å²) in [4.78, 5) is 2.60. The molecule has 1 aromatic carbocycles. The van der Waals surface area contributed by atoms with Crippen molar-refractivity contribution >= 4 is 5.69 Å². The van der Waals surface area contributed by atoms with E-state index in [0.29, 0.717) is 12.0 Å². The van der Waals surface area contributed by atoms with Crippen molar-refractivity contribution in [1.29, 1.82) is 0 Å². The van der Waals surface area contributed by atoms with Gasteiger partial charge < -0.3 is 10.2 Å². The molecular formula is C18H30N2. The Bertz CT molecular complexity index is 433. The van der Waals surface area contributed by atoms with Crippen LogP contribution in [0, 0.1) is 5.92 Å². The van der Waals surface area contributed by atoms with Gasteiger partial charge >= 0.3 is 0 Å². The van der Waals surface area contributed by atoms with Crippen molar-refractivity contribution in [3.05, 3.63) is 29.8 Å². The van der Waals surface area contributed by atoms with Crippen molar-refractivity contribution in [1.82, 2.24) is 5.32 Å². The summed E-state index contributed by atoms with van der Waals surface area (Å²) < 4.78 is 0. The molecule has 1 aliphatic heterocycles. The van der Waals surface area contributed by atoms with Crippen LogP contribution in [-0.2, 0) is 5.41 Å². The van der Waals surface area contributed by atoms with Crippen LogP contribution in [0.5, 0.6) is 0 Å². The third kappa shape index (κ3) is 3.76. The number of hydrogen-bond donors (Lipinski definition) is 1. The monoisotopic (exact) mass is 274 g/mol. The lowest BCUT2D eigenvalue weighted by Crippen LogP contribution is -2.43. The van der Waals surface area contributed by atoms with Gasteiger partial charge in [-0.15, -0.1) is 0 Å². The molecule has 0 amide bonds. The Morgan fingerprint density at radius 3 is 2.55 bits per heavy atom. The molecule has 1 aromatic rings. The van der Waals surface area contributed by atoms with Gasteiger partial charge in [-0.2, -0.15) is 0 Å². The standard InChI is InChI=1S/C18H30N2/c1-14-12-19-15(2)10-11-20(13-14)17-9-7-6-8-16(17)18(3,4)5/h6-9,14-15,19H,10-13H2,1-5H3. The Hall–Kier alpha value is -1.02. The highest BCUT2D eigenvalue weighted by Gasteiger charge is 2.23. The lowest BCUT2D eigenvalue weighted by molar-refractivity contribution is 0.409. The Labute approximate surface area is 124 Å². The van der Waals surface area contributed by atoms with Crippen LogP contribution >= 0.6 is 0 Å². The van der Waals surface area contributed by atoms with Gasteiger partial charge in [0.15, 0.2) is 0 Å². The van der Waals surface area contributed by atoms with E-state index in [1.807, 2.05) is 0 Å². The van der Waals surface area contributed by atoms with Gasteiger partial charge in [-0.25, -0.2) is 0 Å². The topological polar surface area (TPSA) is 15.3 Å². The summed E-state index contributed by atoms with van der Waals surface area (Å²) in [5, 5.41) is 3.62. The number of hydrogen-bond acceptors (Lipinski definition) is 2. The lowest BCUT2D eigenvalue weighted by atomic mass is 9.85. The molecule has 0 spiro atoms. The number of benzene rings is 1. The molecule has 0 saturated carbocycles. The molecule has 1 heterocycles. The number of anilines is 1. The van der Waals surface area contributed by atoms with Crippen molar-refractivity contribution < 1.29 is 0 Å². The van der Waals surface area contributed by atoms with Gasteiger partial charge in [0.1, 0.15) is 0 Å². The van der Waals surface area contributed by atoms with Gasteiger partial charge in [0.25, 0.3) is 0 Å². The second kappa shape index (κ2) is 6.17. The number of rotatable bonds is 1. The van der Waals surface area contributed by atoms with Crippen LogP contribution in [0.25, 0.3) is 0 Å². The normalized spacial score (nSPS) is 25.1. The lowest BCUT2D eigenvalue weighted by Gasteiger charge is -2.36. The average Bonchev–Trinajstić information content (AvgIpc) is 2.38. The van der Waals surface area contributed by atoms with Crippen LogP contribution in [0.1, 0.15) is 46.6 Å². The minimum absolute atomic E-state index is 0.200. The highest BCUT2D eigenvalue weighted by molar-refractivity contribution is 5.56. The summed E-state index contributed by atoms with van der Waals surface area (Å²) in [5.74, 6) is 0.686. The molecular weight excluding hydrogens is 244 g/mol. The molecule has 0 aromatic heterocycles. The smallest absolute Gasteiger partial charge is 0.0404 e. The summed E-state index contributed by atoms with van der Waals surface area (Å²) in [7, 11) is 0. The first-order valence-electron chi connectivity index (χ1n) is 7.96. The second-order valence-electron chi connectivity index (χ2n) is 7.42. The third-order valence-electron chi connectivity index (χ3n) is 4.23. The predicted molar refractivity (Wildman–Crippen MR) is 88.6 cm³/mol. The average molecular weight is 274 g/mol. The van der Waals surface area contributed by atoms with Crippen LogP contribution in [0.2, 0.25) is 0 Å². The molecule has 2 nitrogen and oxygen atoms in total. The molecule has 2 heteroatoms. The number of nitrogens with zero attached hydrogens (tertiary/aromatic N) is 1. The molecule has 0 radical (unpaired) electrons. The maximum absolute atomic E-state index is 3.62. The van der Waals surface area contributed by atoms with Gasteiger partial charge in [0, 0.05) is 24.8 Å². The summed E-state index contributed by atoms with van der Waals surface area (Å²) in [6.45, 7) is 15.0. The fourth-order valence-electron chi connectivity index (χ4n) is 2.99. The van der Waals surface area contributed by atoms with E-state index in [1.165, 1.54) is 17.7 Å². The van der Waals surface area contributed by atoms with Gasteiger partial charge in [0.05, 0.1) is 0 Å². The fourth-order valence-corrected chi connectivity index (χ4v) is 2.99. The Kier molecular flexibility index (Phi) is 4.74. The molecule has 112 valence electrons. The first-order chi connectivity index (χ1) is 9.38. The van der Waals surface area contributed by atoms with Gasteiger partial charge in [-0.3, -0.25) is 0 Å². The molecule has 2 rings (SSSR count). The van der Waals surface area contributed by atoms with Crippen LogP contribution in [-0.4, -0.2) is 25.7 Å². The van der Waals surface area contributed by atoms with Crippen LogP contribution in [0.15, 0.2) is 24.3 Å². The minimum Gasteiger partial charge on any atom is -0.371 e. The number of para-hydroxylation sites is 1.